The van der Waals surface area contributed by atoms with Crippen LogP contribution in [0, 0.1) is 5.82 Å². The minimum atomic E-state index is -0.331. The molecule has 3 rings (SSSR count). The summed E-state index contributed by atoms with van der Waals surface area (Å²) in [5, 5.41) is 11.1. The molecule has 0 unspecified atom stereocenters. The van der Waals surface area contributed by atoms with Crippen molar-refractivity contribution in [1.29, 1.82) is 0 Å². The van der Waals surface area contributed by atoms with E-state index in [1.54, 1.807) is 24.4 Å². The maximum Gasteiger partial charge on any atom is 0.243 e. The molecule has 1 atom stereocenters. The first kappa shape index (κ1) is 15.0. The second-order valence-corrected chi connectivity index (χ2v) is 5.26. The first-order chi connectivity index (χ1) is 11.2. The number of pyridine rings is 1. The lowest BCUT2D eigenvalue weighted by Crippen LogP contribution is -2.20. The van der Waals surface area contributed by atoms with Crippen molar-refractivity contribution in [3.05, 3.63) is 66.4 Å². The fraction of sp³-hybridized carbons (Fsp3) is 0.176. The molecule has 0 aliphatic rings. The van der Waals surface area contributed by atoms with Gasteiger partial charge in [-0.25, -0.2) is 9.37 Å². The van der Waals surface area contributed by atoms with Crippen LogP contribution in [0.5, 0.6) is 0 Å². The van der Waals surface area contributed by atoms with Crippen molar-refractivity contribution in [3.8, 4) is 11.3 Å². The van der Waals surface area contributed by atoms with E-state index < -0.39 is 0 Å². The molecule has 0 saturated heterocycles. The van der Waals surface area contributed by atoms with E-state index in [0.717, 1.165) is 12.0 Å². The van der Waals surface area contributed by atoms with E-state index in [1.165, 1.54) is 12.3 Å². The van der Waals surface area contributed by atoms with E-state index in [4.69, 9.17) is 0 Å². The number of halogens is 1. The molecule has 2 heterocycles. The summed E-state index contributed by atoms with van der Waals surface area (Å²) in [6.45, 7) is 2.02. The van der Waals surface area contributed by atoms with Gasteiger partial charge in [-0.2, -0.15) is 5.10 Å². The van der Waals surface area contributed by atoms with Crippen LogP contribution < -0.4 is 5.32 Å². The molecule has 3 aromatic rings. The molecule has 5 nitrogen and oxygen atoms in total. The number of nitrogens with zero attached hydrogens (tertiary/aromatic N) is 4. The molecule has 0 saturated carbocycles. The van der Waals surface area contributed by atoms with Gasteiger partial charge in [0.15, 0.2) is 0 Å². The Morgan fingerprint density at radius 1 is 1.13 bits per heavy atom. The summed E-state index contributed by atoms with van der Waals surface area (Å²) >= 11 is 0. The molecule has 23 heavy (non-hydrogen) atoms. The smallest absolute Gasteiger partial charge is 0.243 e. The standard InChI is InChI=1S/C17H16FN5/c1-12(9-13-5-4-8-19-10-13)21-17-22-16(11-20-23-17)14-6-2-3-7-15(14)18/h2-8,10-12H,9H2,1H3,(H,21,22,23)/t12-/m0/s1. The fourth-order valence-corrected chi connectivity index (χ4v) is 2.31. The van der Waals surface area contributed by atoms with Gasteiger partial charge in [0.25, 0.3) is 0 Å². The minimum absolute atomic E-state index is 0.0943. The number of hydrogen-bond acceptors (Lipinski definition) is 5. The summed E-state index contributed by atoms with van der Waals surface area (Å²) < 4.78 is 13.8. The van der Waals surface area contributed by atoms with Gasteiger partial charge in [0.1, 0.15) is 5.82 Å². The van der Waals surface area contributed by atoms with E-state index in [9.17, 15) is 4.39 Å². The van der Waals surface area contributed by atoms with Crippen LogP contribution in [-0.4, -0.2) is 26.2 Å². The zero-order chi connectivity index (χ0) is 16.1. The third-order valence-electron chi connectivity index (χ3n) is 3.35. The summed E-state index contributed by atoms with van der Waals surface area (Å²) in [5.74, 6) is 0.0458. The zero-order valence-electron chi connectivity index (χ0n) is 12.6. The highest BCUT2D eigenvalue weighted by molar-refractivity contribution is 5.59. The van der Waals surface area contributed by atoms with Gasteiger partial charge < -0.3 is 5.32 Å². The topological polar surface area (TPSA) is 63.6 Å². The fourth-order valence-electron chi connectivity index (χ4n) is 2.31. The minimum Gasteiger partial charge on any atom is -0.350 e. The van der Waals surface area contributed by atoms with Gasteiger partial charge >= 0.3 is 0 Å². The lowest BCUT2D eigenvalue weighted by molar-refractivity contribution is 0.630. The van der Waals surface area contributed by atoms with Crippen LogP contribution in [0.4, 0.5) is 10.3 Å². The second-order valence-electron chi connectivity index (χ2n) is 5.26. The first-order valence-corrected chi connectivity index (χ1v) is 7.32. The van der Waals surface area contributed by atoms with E-state index in [0.29, 0.717) is 17.2 Å². The molecule has 0 fully saturated rings. The first-order valence-electron chi connectivity index (χ1n) is 7.32. The summed E-state index contributed by atoms with van der Waals surface area (Å²) in [5.41, 5.74) is 1.98. The molecule has 1 N–H and O–H groups in total. The van der Waals surface area contributed by atoms with E-state index in [-0.39, 0.29) is 11.9 Å². The van der Waals surface area contributed by atoms with Crippen LogP contribution in [0.1, 0.15) is 12.5 Å². The van der Waals surface area contributed by atoms with Crippen LogP contribution in [0.3, 0.4) is 0 Å². The third-order valence-corrected chi connectivity index (χ3v) is 3.35. The summed E-state index contributed by atoms with van der Waals surface area (Å²) in [6.07, 6.45) is 5.80. The van der Waals surface area contributed by atoms with Crippen molar-refractivity contribution < 1.29 is 4.39 Å². The lowest BCUT2D eigenvalue weighted by Gasteiger charge is -2.13. The molecular weight excluding hydrogens is 293 g/mol. The largest absolute Gasteiger partial charge is 0.350 e. The van der Waals surface area contributed by atoms with Gasteiger partial charge in [-0.05, 0) is 37.1 Å². The third kappa shape index (κ3) is 3.85. The van der Waals surface area contributed by atoms with Crippen LogP contribution in [-0.2, 0) is 6.42 Å². The van der Waals surface area contributed by atoms with Crippen molar-refractivity contribution in [2.24, 2.45) is 0 Å². The van der Waals surface area contributed by atoms with Crippen molar-refractivity contribution in [2.45, 2.75) is 19.4 Å². The number of anilines is 1. The van der Waals surface area contributed by atoms with Gasteiger partial charge in [-0.3, -0.25) is 4.98 Å². The normalized spacial score (nSPS) is 11.9. The van der Waals surface area contributed by atoms with Crippen molar-refractivity contribution >= 4 is 5.95 Å². The SMILES string of the molecule is C[C@@H](Cc1cccnc1)Nc1nncc(-c2ccccc2F)n1. The molecule has 0 radical (unpaired) electrons. The molecule has 0 aliphatic heterocycles. The van der Waals surface area contributed by atoms with Crippen LogP contribution in [0.2, 0.25) is 0 Å². The second kappa shape index (κ2) is 6.91. The Morgan fingerprint density at radius 2 is 2.00 bits per heavy atom. The van der Waals surface area contributed by atoms with Crippen molar-refractivity contribution in [3.63, 3.8) is 0 Å². The molecule has 0 amide bonds. The van der Waals surface area contributed by atoms with Crippen molar-refractivity contribution in [2.75, 3.05) is 5.32 Å². The maximum absolute atomic E-state index is 13.8. The molecule has 2 aromatic heterocycles. The Kier molecular flexibility index (Phi) is 4.52. The highest BCUT2D eigenvalue weighted by Gasteiger charge is 2.10. The maximum atomic E-state index is 13.8. The van der Waals surface area contributed by atoms with Gasteiger partial charge in [0.2, 0.25) is 5.95 Å². The highest BCUT2D eigenvalue weighted by Crippen LogP contribution is 2.20. The Balaban J connectivity index is 1.74. The number of hydrogen-bond donors (Lipinski definition) is 1. The van der Waals surface area contributed by atoms with Crippen LogP contribution in [0.25, 0.3) is 11.3 Å². The van der Waals surface area contributed by atoms with Gasteiger partial charge in [-0.15, -0.1) is 5.10 Å². The summed E-state index contributed by atoms with van der Waals surface area (Å²) in [4.78, 5) is 8.44. The van der Waals surface area contributed by atoms with Gasteiger partial charge in [0.05, 0.1) is 11.9 Å². The molecule has 116 valence electrons. The molecular formula is C17H16FN5. The van der Waals surface area contributed by atoms with Gasteiger partial charge in [-0.1, -0.05) is 18.2 Å². The monoisotopic (exact) mass is 309 g/mol. The quantitative estimate of drug-likeness (QED) is 0.784. The molecule has 0 bridgehead atoms. The van der Waals surface area contributed by atoms with E-state index in [2.05, 4.69) is 25.5 Å². The Labute approximate surface area is 133 Å². The number of nitrogens with one attached hydrogen (secondary N) is 1. The van der Waals surface area contributed by atoms with E-state index in [1.807, 2.05) is 25.3 Å². The Bertz CT molecular complexity index is 779. The number of aromatic nitrogens is 4. The van der Waals surface area contributed by atoms with Gasteiger partial charge in [0, 0.05) is 24.0 Å². The Morgan fingerprint density at radius 3 is 2.78 bits per heavy atom. The molecule has 0 aliphatic carbocycles. The van der Waals surface area contributed by atoms with Crippen LogP contribution in [0.15, 0.2) is 55.0 Å². The molecule has 6 heteroatoms. The Hall–Kier alpha value is -2.89. The average molecular weight is 309 g/mol. The lowest BCUT2D eigenvalue weighted by atomic mass is 10.1. The predicted molar refractivity (Wildman–Crippen MR) is 86.2 cm³/mol. The van der Waals surface area contributed by atoms with Crippen molar-refractivity contribution in [1.82, 2.24) is 20.2 Å². The number of benzene rings is 1. The highest BCUT2D eigenvalue weighted by atomic mass is 19.1. The number of rotatable bonds is 5. The molecule has 0 spiro atoms. The molecule has 1 aromatic carbocycles. The zero-order valence-corrected chi connectivity index (χ0v) is 12.6. The average Bonchev–Trinajstić information content (AvgIpc) is 2.56. The van der Waals surface area contributed by atoms with Crippen LogP contribution >= 0.6 is 0 Å². The summed E-state index contributed by atoms with van der Waals surface area (Å²) in [6, 6.07) is 10.5. The van der Waals surface area contributed by atoms with E-state index >= 15 is 0 Å². The predicted octanol–water partition coefficient (Wildman–Crippen LogP) is 3.12. The summed E-state index contributed by atoms with van der Waals surface area (Å²) in [7, 11) is 0.